The molecule has 6 nitrogen and oxygen atoms in total. The Morgan fingerprint density at radius 1 is 1.19 bits per heavy atom. The number of carboxylic acids is 1. The van der Waals surface area contributed by atoms with Gasteiger partial charge in [0.15, 0.2) is 9.84 Å². The van der Waals surface area contributed by atoms with Gasteiger partial charge in [-0.1, -0.05) is 0 Å². The fraction of sp³-hybridized carbons (Fsp3) is 0.500. The maximum atomic E-state index is 12.2. The lowest BCUT2D eigenvalue weighted by Gasteiger charge is -2.18. The topological polar surface area (TPSA) is 83.9 Å². The van der Waals surface area contributed by atoms with E-state index in [-0.39, 0.29) is 16.2 Å². The molecule has 0 atom stereocenters. The van der Waals surface area contributed by atoms with Crippen LogP contribution in [0.4, 0.5) is 0 Å². The van der Waals surface area contributed by atoms with E-state index in [0.29, 0.717) is 13.2 Å². The summed E-state index contributed by atoms with van der Waals surface area (Å²) in [5, 5.41) is 8.81. The monoisotopic (exact) mass is 313 g/mol. The van der Waals surface area contributed by atoms with Crippen LogP contribution in [0.3, 0.4) is 0 Å². The maximum absolute atomic E-state index is 12.2. The first-order valence-corrected chi connectivity index (χ1v) is 8.50. The van der Waals surface area contributed by atoms with Gasteiger partial charge in [-0.25, -0.2) is 13.2 Å². The van der Waals surface area contributed by atoms with Gasteiger partial charge in [-0.15, -0.1) is 0 Å². The molecule has 1 saturated heterocycles. The second-order valence-electron chi connectivity index (χ2n) is 4.96. The van der Waals surface area contributed by atoms with Crippen LogP contribution in [0.2, 0.25) is 0 Å². The van der Waals surface area contributed by atoms with E-state index in [9.17, 15) is 13.2 Å². The lowest BCUT2D eigenvalue weighted by atomic mass is 10.2. The molecule has 2 rings (SSSR count). The lowest BCUT2D eigenvalue weighted by molar-refractivity contribution is 0.0696. The first kappa shape index (κ1) is 15.9. The van der Waals surface area contributed by atoms with Crippen molar-refractivity contribution in [3.8, 4) is 0 Å². The Kier molecular flexibility index (Phi) is 5.33. The molecule has 1 N–H and O–H groups in total. The number of nitrogens with zero attached hydrogens (tertiary/aromatic N) is 1. The SMILES string of the molecule is O=C(O)c1ccc(S(=O)(=O)CCN2CCCOCC2)cc1. The molecule has 1 heterocycles. The molecule has 1 aliphatic heterocycles. The van der Waals surface area contributed by atoms with E-state index in [4.69, 9.17) is 9.84 Å². The number of sulfone groups is 1. The second-order valence-corrected chi connectivity index (χ2v) is 7.07. The third-order valence-electron chi connectivity index (χ3n) is 3.45. The fourth-order valence-electron chi connectivity index (χ4n) is 2.19. The van der Waals surface area contributed by atoms with Gasteiger partial charge in [-0.2, -0.15) is 0 Å². The minimum atomic E-state index is -3.39. The van der Waals surface area contributed by atoms with Crippen molar-refractivity contribution in [1.29, 1.82) is 0 Å². The molecule has 0 amide bonds. The summed E-state index contributed by atoms with van der Waals surface area (Å²) in [6.45, 7) is 3.40. The smallest absolute Gasteiger partial charge is 0.335 e. The summed E-state index contributed by atoms with van der Waals surface area (Å²) in [4.78, 5) is 13.0. The summed E-state index contributed by atoms with van der Waals surface area (Å²) in [6.07, 6.45) is 0.910. The summed E-state index contributed by atoms with van der Waals surface area (Å²) in [5.41, 5.74) is 0.0821. The molecular weight excluding hydrogens is 294 g/mol. The van der Waals surface area contributed by atoms with Gasteiger partial charge in [0.2, 0.25) is 0 Å². The molecule has 0 saturated carbocycles. The molecule has 1 aromatic carbocycles. The molecule has 1 aliphatic rings. The third-order valence-corrected chi connectivity index (χ3v) is 5.16. The molecular formula is C14H19NO5S. The Morgan fingerprint density at radius 2 is 1.90 bits per heavy atom. The molecule has 0 bridgehead atoms. The number of benzene rings is 1. The van der Waals surface area contributed by atoms with E-state index in [0.717, 1.165) is 26.1 Å². The molecule has 0 radical (unpaired) electrons. The molecule has 0 unspecified atom stereocenters. The van der Waals surface area contributed by atoms with E-state index in [1.807, 2.05) is 0 Å². The first-order chi connectivity index (χ1) is 9.99. The van der Waals surface area contributed by atoms with Crippen LogP contribution in [0.15, 0.2) is 29.2 Å². The van der Waals surface area contributed by atoms with Crippen LogP contribution in [0.1, 0.15) is 16.8 Å². The fourth-order valence-corrected chi connectivity index (χ4v) is 3.48. The normalized spacial score (nSPS) is 17.3. The van der Waals surface area contributed by atoms with Gasteiger partial charge in [0.1, 0.15) is 0 Å². The first-order valence-electron chi connectivity index (χ1n) is 6.85. The molecule has 1 fully saturated rings. The van der Waals surface area contributed by atoms with E-state index in [2.05, 4.69) is 4.90 Å². The summed E-state index contributed by atoms with van der Waals surface area (Å²) in [5.74, 6) is -1.04. The van der Waals surface area contributed by atoms with Crippen molar-refractivity contribution in [3.05, 3.63) is 29.8 Å². The van der Waals surface area contributed by atoms with Crippen molar-refractivity contribution >= 4 is 15.8 Å². The van der Waals surface area contributed by atoms with Crippen LogP contribution < -0.4 is 0 Å². The van der Waals surface area contributed by atoms with Crippen LogP contribution in [0, 0.1) is 0 Å². The van der Waals surface area contributed by atoms with Crippen molar-refractivity contribution in [3.63, 3.8) is 0 Å². The number of hydrogen-bond acceptors (Lipinski definition) is 5. The van der Waals surface area contributed by atoms with E-state index >= 15 is 0 Å². The van der Waals surface area contributed by atoms with Gasteiger partial charge >= 0.3 is 5.97 Å². The zero-order valence-electron chi connectivity index (χ0n) is 11.7. The number of aromatic carboxylic acids is 1. The number of ether oxygens (including phenoxy) is 1. The maximum Gasteiger partial charge on any atom is 0.335 e. The summed E-state index contributed by atoms with van der Waals surface area (Å²) < 4.78 is 29.8. The Labute approximate surface area is 124 Å². The molecule has 7 heteroatoms. The van der Waals surface area contributed by atoms with Crippen LogP contribution in [0.5, 0.6) is 0 Å². The third kappa shape index (κ3) is 4.52. The Bertz CT molecular complexity index is 574. The van der Waals surface area contributed by atoms with Gasteiger partial charge in [0.05, 0.1) is 22.8 Å². The van der Waals surface area contributed by atoms with Crippen LogP contribution >= 0.6 is 0 Å². The zero-order chi connectivity index (χ0) is 15.3. The van der Waals surface area contributed by atoms with E-state index < -0.39 is 15.8 Å². The predicted octanol–water partition coefficient (Wildman–Crippen LogP) is 0.881. The van der Waals surface area contributed by atoms with Crippen molar-refractivity contribution in [2.24, 2.45) is 0 Å². The molecule has 0 aromatic heterocycles. The molecule has 0 aliphatic carbocycles. The number of carboxylic acid groups (broad SMARTS) is 1. The van der Waals surface area contributed by atoms with Crippen molar-refractivity contribution in [2.75, 3.05) is 38.6 Å². The lowest BCUT2D eigenvalue weighted by Crippen LogP contribution is -2.31. The average molecular weight is 313 g/mol. The van der Waals surface area contributed by atoms with Crippen LogP contribution in [-0.2, 0) is 14.6 Å². The van der Waals surface area contributed by atoms with Gasteiger partial charge in [-0.05, 0) is 30.7 Å². The number of hydrogen-bond donors (Lipinski definition) is 1. The van der Waals surface area contributed by atoms with E-state index in [1.54, 1.807) is 0 Å². The number of rotatable bonds is 5. The highest BCUT2D eigenvalue weighted by atomic mass is 32.2. The van der Waals surface area contributed by atoms with Gasteiger partial charge in [-0.3, -0.25) is 4.90 Å². The Hall–Kier alpha value is -1.44. The quantitative estimate of drug-likeness (QED) is 0.869. The molecule has 116 valence electrons. The summed E-state index contributed by atoms with van der Waals surface area (Å²) >= 11 is 0. The van der Waals surface area contributed by atoms with Crippen molar-refractivity contribution < 1.29 is 23.1 Å². The minimum Gasteiger partial charge on any atom is -0.478 e. The predicted molar refractivity (Wildman–Crippen MR) is 77.3 cm³/mol. The molecule has 1 aromatic rings. The highest BCUT2D eigenvalue weighted by Crippen LogP contribution is 2.13. The minimum absolute atomic E-state index is 0.0272. The average Bonchev–Trinajstić information content (AvgIpc) is 2.74. The van der Waals surface area contributed by atoms with Crippen LogP contribution in [-0.4, -0.2) is 63.0 Å². The highest BCUT2D eigenvalue weighted by molar-refractivity contribution is 7.91. The van der Waals surface area contributed by atoms with Gasteiger partial charge in [0, 0.05) is 26.2 Å². The van der Waals surface area contributed by atoms with Crippen molar-refractivity contribution in [1.82, 2.24) is 4.90 Å². The second kappa shape index (κ2) is 7.02. The van der Waals surface area contributed by atoms with E-state index in [1.165, 1.54) is 24.3 Å². The molecule has 0 spiro atoms. The summed E-state index contributed by atoms with van der Waals surface area (Å²) in [7, 11) is -3.39. The highest BCUT2D eigenvalue weighted by Gasteiger charge is 2.18. The molecule has 21 heavy (non-hydrogen) atoms. The Morgan fingerprint density at radius 3 is 2.57 bits per heavy atom. The van der Waals surface area contributed by atoms with Crippen molar-refractivity contribution in [2.45, 2.75) is 11.3 Å². The van der Waals surface area contributed by atoms with Gasteiger partial charge in [0.25, 0.3) is 0 Å². The number of carbonyl (C=O) groups is 1. The summed E-state index contributed by atoms with van der Waals surface area (Å²) in [6, 6.07) is 5.33. The van der Waals surface area contributed by atoms with Gasteiger partial charge < -0.3 is 9.84 Å². The largest absolute Gasteiger partial charge is 0.478 e. The van der Waals surface area contributed by atoms with Crippen LogP contribution in [0.25, 0.3) is 0 Å². The Balaban J connectivity index is 1.98. The standard InChI is InChI=1S/C14H19NO5S/c16-14(17)12-2-4-13(5-3-12)21(18,19)11-8-15-6-1-9-20-10-7-15/h2-5H,1,6-11H2,(H,16,17). The zero-order valence-corrected chi connectivity index (χ0v) is 12.5.